The molecule has 6 nitrogen and oxygen atoms in total. The number of aromatic hydroxyl groups is 2. The van der Waals surface area contributed by atoms with Crippen molar-refractivity contribution >= 4 is 11.8 Å². The van der Waals surface area contributed by atoms with Gasteiger partial charge in [0, 0.05) is 28.3 Å². The number of amides is 2. The lowest BCUT2D eigenvalue weighted by Gasteiger charge is -2.18. The topological polar surface area (TPSA) is 127 Å². The molecular formula is C44H40F2N2O4. The van der Waals surface area contributed by atoms with Crippen molar-refractivity contribution in [1.29, 1.82) is 0 Å². The third-order valence-corrected chi connectivity index (χ3v) is 8.76. The van der Waals surface area contributed by atoms with E-state index in [0.29, 0.717) is 22.3 Å². The highest BCUT2D eigenvalue weighted by atomic mass is 19.1. The first-order valence-corrected chi connectivity index (χ1v) is 16.8. The van der Waals surface area contributed by atoms with Gasteiger partial charge in [-0.15, -0.1) is 0 Å². The van der Waals surface area contributed by atoms with Crippen LogP contribution in [-0.4, -0.2) is 22.0 Å². The molecule has 52 heavy (non-hydrogen) atoms. The molecule has 0 saturated carbocycles. The predicted octanol–water partition coefficient (Wildman–Crippen LogP) is 10.2. The van der Waals surface area contributed by atoms with E-state index in [0.717, 1.165) is 39.4 Å². The molecule has 0 spiro atoms. The molecule has 6 N–H and O–H groups in total. The average molecular weight is 699 g/mol. The minimum Gasteiger partial charge on any atom is -0.508 e. The highest BCUT2D eigenvalue weighted by Crippen LogP contribution is 2.40. The Morgan fingerprint density at radius 2 is 0.885 bits per heavy atom. The summed E-state index contributed by atoms with van der Waals surface area (Å²) in [5, 5.41) is 19.2. The second kappa shape index (κ2) is 15.7. The Balaban J connectivity index is 0.000000202. The molecule has 264 valence electrons. The van der Waals surface area contributed by atoms with Crippen LogP contribution in [0.3, 0.4) is 0 Å². The van der Waals surface area contributed by atoms with E-state index in [2.05, 4.69) is 19.9 Å². The summed E-state index contributed by atoms with van der Waals surface area (Å²) in [5.74, 6) is -1.95. The van der Waals surface area contributed by atoms with Crippen molar-refractivity contribution in [3.05, 3.63) is 155 Å². The van der Waals surface area contributed by atoms with E-state index in [1.807, 2.05) is 68.4 Å². The lowest BCUT2D eigenvalue weighted by atomic mass is 9.86. The van der Waals surface area contributed by atoms with Gasteiger partial charge >= 0.3 is 0 Å². The highest BCUT2D eigenvalue weighted by molar-refractivity contribution is 6.05. The second-order valence-corrected chi connectivity index (χ2v) is 13.1. The van der Waals surface area contributed by atoms with Crippen LogP contribution in [0.15, 0.2) is 121 Å². The van der Waals surface area contributed by atoms with Gasteiger partial charge in [-0.2, -0.15) is 0 Å². The third kappa shape index (κ3) is 8.36. The van der Waals surface area contributed by atoms with Crippen LogP contribution in [0.25, 0.3) is 44.5 Å². The maximum Gasteiger partial charge on any atom is 0.249 e. The zero-order valence-corrected chi connectivity index (χ0v) is 29.3. The number of hydrogen-bond acceptors (Lipinski definition) is 4. The van der Waals surface area contributed by atoms with E-state index in [9.17, 15) is 28.6 Å². The van der Waals surface area contributed by atoms with Crippen molar-refractivity contribution in [3.8, 4) is 56.0 Å². The molecule has 2 amide bonds. The van der Waals surface area contributed by atoms with Gasteiger partial charge in [-0.25, -0.2) is 8.78 Å². The van der Waals surface area contributed by atoms with E-state index >= 15 is 0 Å². The number of nitrogens with two attached hydrogens (primary N) is 2. The Hall–Kier alpha value is -6.28. The molecule has 0 aliphatic rings. The van der Waals surface area contributed by atoms with Gasteiger partial charge in [-0.3, -0.25) is 9.59 Å². The molecule has 0 fully saturated rings. The Morgan fingerprint density at radius 1 is 0.500 bits per heavy atom. The summed E-state index contributed by atoms with van der Waals surface area (Å²) in [6.07, 6.45) is 0. The highest BCUT2D eigenvalue weighted by Gasteiger charge is 2.21. The zero-order chi connectivity index (χ0) is 37.7. The van der Waals surface area contributed by atoms with Crippen molar-refractivity contribution in [2.45, 2.75) is 39.5 Å². The van der Waals surface area contributed by atoms with Gasteiger partial charge in [0.15, 0.2) is 0 Å². The molecule has 0 aliphatic carbocycles. The van der Waals surface area contributed by atoms with Gasteiger partial charge in [0.1, 0.15) is 23.1 Å². The van der Waals surface area contributed by atoms with Crippen molar-refractivity contribution in [3.63, 3.8) is 0 Å². The molecule has 0 radical (unpaired) electrons. The molecule has 0 saturated heterocycles. The number of phenolic OH excluding ortho intramolecular Hbond substituents is 2. The molecule has 0 heterocycles. The van der Waals surface area contributed by atoms with Crippen LogP contribution in [0, 0.1) is 11.6 Å². The minimum atomic E-state index is -0.745. The normalized spacial score (nSPS) is 10.9. The first kappa shape index (κ1) is 37.0. The lowest BCUT2D eigenvalue weighted by Crippen LogP contribution is -2.14. The van der Waals surface area contributed by atoms with Gasteiger partial charge in [0.05, 0.1) is 0 Å². The summed E-state index contributed by atoms with van der Waals surface area (Å²) in [6.45, 7) is 8.12. The summed E-state index contributed by atoms with van der Waals surface area (Å²) in [4.78, 5) is 24.4. The van der Waals surface area contributed by atoms with Crippen LogP contribution in [0.2, 0.25) is 0 Å². The number of primary amides is 2. The molecule has 6 aromatic carbocycles. The summed E-state index contributed by atoms with van der Waals surface area (Å²) < 4.78 is 27.7. The van der Waals surface area contributed by atoms with Gasteiger partial charge in [-0.05, 0) is 105 Å². The minimum absolute atomic E-state index is 0.0900. The Labute approximate surface area is 302 Å². The second-order valence-electron chi connectivity index (χ2n) is 13.1. The molecule has 0 bridgehead atoms. The largest absolute Gasteiger partial charge is 0.508 e. The molecule has 8 heteroatoms. The molecule has 6 rings (SSSR count). The molecule has 6 aromatic rings. The van der Waals surface area contributed by atoms with E-state index in [1.165, 1.54) is 24.3 Å². The smallest absolute Gasteiger partial charge is 0.249 e. The number of phenols is 2. The van der Waals surface area contributed by atoms with Gasteiger partial charge in [0.2, 0.25) is 11.8 Å². The van der Waals surface area contributed by atoms with E-state index in [1.54, 1.807) is 30.3 Å². The van der Waals surface area contributed by atoms with Gasteiger partial charge in [-0.1, -0.05) is 94.4 Å². The number of carbonyl (C=O) groups excluding carboxylic acids is 2. The molecule has 0 aliphatic heterocycles. The van der Waals surface area contributed by atoms with Crippen LogP contribution >= 0.6 is 0 Å². The standard InChI is InChI=1S/C22H19F2NO2.C22H21NO2/c1-12(2)14-9-19(13-3-5-18(26)6-4-13)21(20(10-14)22(25)27)15-7-16(23)11-17(24)8-15;1-14(2)17-12-19(15-8-10-18(24)11-9-15)21(20(13-17)22(23)25)16-6-4-3-5-7-16/h3-12,26H,1-2H3,(H2,25,27);3-14,24H,1-2H3,(H2,23,25). The van der Waals surface area contributed by atoms with Gasteiger partial charge < -0.3 is 21.7 Å². The van der Waals surface area contributed by atoms with E-state index < -0.39 is 23.4 Å². The summed E-state index contributed by atoms with van der Waals surface area (Å²) in [7, 11) is 0. The SMILES string of the molecule is CC(C)c1cc(C(N)=O)c(-c2cc(F)cc(F)c2)c(-c2ccc(O)cc2)c1.CC(C)c1cc(C(N)=O)c(-c2ccccc2)c(-c2ccc(O)cc2)c1. The first-order valence-electron chi connectivity index (χ1n) is 16.8. The number of benzene rings is 6. The van der Waals surface area contributed by atoms with Crippen molar-refractivity contribution in [1.82, 2.24) is 0 Å². The maximum atomic E-state index is 13.9. The van der Waals surface area contributed by atoms with Crippen LogP contribution < -0.4 is 11.5 Å². The number of halogens is 2. The first-order chi connectivity index (χ1) is 24.7. The zero-order valence-electron chi connectivity index (χ0n) is 29.3. The average Bonchev–Trinajstić information content (AvgIpc) is 3.11. The van der Waals surface area contributed by atoms with Crippen LogP contribution in [0.5, 0.6) is 11.5 Å². The van der Waals surface area contributed by atoms with E-state index in [4.69, 9.17) is 11.5 Å². The number of carbonyl (C=O) groups is 2. The molecule has 0 aromatic heterocycles. The van der Waals surface area contributed by atoms with Crippen molar-refractivity contribution < 1.29 is 28.6 Å². The third-order valence-electron chi connectivity index (χ3n) is 8.76. The summed E-state index contributed by atoms with van der Waals surface area (Å²) in [5.41, 5.74) is 19.5. The molecule has 0 atom stereocenters. The molecular weight excluding hydrogens is 658 g/mol. The van der Waals surface area contributed by atoms with E-state index in [-0.39, 0.29) is 34.5 Å². The number of rotatable bonds is 8. The fraction of sp³-hybridized carbons (Fsp3) is 0.136. The van der Waals surface area contributed by atoms with Crippen LogP contribution in [-0.2, 0) is 0 Å². The number of hydrogen-bond donors (Lipinski definition) is 4. The Kier molecular flexibility index (Phi) is 11.2. The van der Waals surface area contributed by atoms with Crippen LogP contribution in [0.1, 0.15) is 71.4 Å². The lowest BCUT2D eigenvalue weighted by molar-refractivity contribution is 0.0992. The van der Waals surface area contributed by atoms with Crippen molar-refractivity contribution in [2.75, 3.05) is 0 Å². The maximum absolute atomic E-state index is 13.9. The quantitative estimate of drug-likeness (QED) is 0.126. The Bertz CT molecular complexity index is 2210. The van der Waals surface area contributed by atoms with Gasteiger partial charge in [0.25, 0.3) is 0 Å². The summed E-state index contributed by atoms with van der Waals surface area (Å²) in [6, 6.07) is 33.8. The van der Waals surface area contributed by atoms with Crippen molar-refractivity contribution in [2.24, 2.45) is 11.5 Å². The fourth-order valence-electron chi connectivity index (χ4n) is 6.05. The summed E-state index contributed by atoms with van der Waals surface area (Å²) >= 11 is 0. The van der Waals surface area contributed by atoms with Crippen LogP contribution in [0.4, 0.5) is 8.78 Å². The molecule has 0 unspecified atom stereocenters. The Morgan fingerprint density at radius 3 is 1.25 bits per heavy atom. The predicted molar refractivity (Wildman–Crippen MR) is 203 cm³/mol. The monoisotopic (exact) mass is 698 g/mol. The fourth-order valence-corrected chi connectivity index (χ4v) is 6.05.